The van der Waals surface area contributed by atoms with Crippen molar-refractivity contribution >= 4 is 17.3 Å². The number of carbonyl (C=O) groups is 1. The third-order valence-corrected chi connectivity index (χ3v) is 3.86. The minimum atomic E-state index is -0.439. The number of nitro benzene ring substituents is 1. The minimum Gasteiger partial charge on any atom is -0.378 e. The zero-order chi connectivity index (χ0) is 18.6. The van der Waals surface area contributed by atoms with Crippen molar-refractivity contribution < 1.29 is 9.72 Å². The van der Waals surface area contributed by atoms with Crippen molar-refractivity contribution in [2.24, 2.45) is 0 Å². The van der Waals surface area contributed by atoms with Crippen molar-refractivity contribution in [2.45, 2.75) is 26.4 Å². The third kappa shape index (κ3) is 4.53. The fourth-order valence-electron chi connectivity index (χ4n) is 2.37. The Morgan fingerprint density at radius 2 is 1.84 bits per heavy atom. The highest BCUT2D eigenvalue weighted by Crippen LogP contribution is 2.18. The molecule has 0 unspecified atom stereocenters. The highest BCUT2D eigenvalue weighted by molar-refractivity contribution is 5.93. The second kappa shape index (κ2) is 7.74. The molecule has 2 rings (SSSR count). The van der Waals surface area contributed by atoms with Gasteiger partial charge >= 0.3 is 0 Å². The number of hydrogen-bond donors (Lipinski definition) is 0. The van der Waals surface area contributed by atoms with Crippen LogP contribution in [0, 0.1) is 10.1 Å². The highest BCUT2D eigenvalue weighted by atomic mass is 16.6. The molecule has 1 amide bonds. The van der Waals surface area contributed by atoms with E-state index in [4.69, 9.17) is 0 Å². The lowest BCUT2D eigenvalue weighted by molar-refractivity contribution is -0.384. The van der Waals surface area contributed by atoms with Crippen LogP contribution >= 0.6 is 0 Å². The number of benzene rings is 1. The monoisotopic (exact) mass is 342 g/mol. The molecule has 2 aromatic rings. The van der Waals surface area contributed by atoms with E-state index in [0.29, 0.717) is 12.2 Å². The van der Waals surface area contributed by atoms with E-state index in [1.54, 1.807) is 29.3 Å². The van der Waals surface area contributed by atoms with Gasteiger partial charge in [0.25, 0.3) is 11.6 Å². The van der Waals surface area contributed by atoms with E-state index in [0.717, 1.165) is 11.3 Å². The highest BCUT2D eigenvalue weighted by Gasteiger charge is 2.21. The number of rotatable bonds is 6. The van der Waals surface area contributed by atoms with Gasteiger partial charge in [0.2, 0.25) is 0 Å². The standard InChI is InChI=1S/C18H22N4O3/c1-13(2)21(12-14-5-7-15(8-6-14)22(24)25)18(23)17-11-16(20(3)4)9-10-19-17/h5-11,13H,12H2,1-4H3. The number of anilines is 1. The van der Waals surface area contributed by atoms with Crippen molar-refractivity contribution in [2.75, 3.05) is 19.0 Å². The molecule has 0 aliphatic heterocycles. The first-order valence-electron chi connectivity index (χ1n) is 7.97. The van der Waals surface area contributed by atoms with Gasteiger partial charge < -0.3 is 9.80 Å². The van der Waals surface area contributed by atoms with Crippen LogP contribution in [0.2, 0.25) is 0 Å². The molecule has 0 N–H and O–H groups in total. The smallest absolute Gasteiger partial charge is 0.273 e. The first kappa shape index (κ1) is 18.4. The summed E-state index contributed by atoms with van der Waals surface area (Å²) in [6, 6.07) is 9.80. The van der Waals surface area contributed by atoms with E-state index in [2.05, 4.69) is 4.98 Å². The molecule has 0 atom stereocenters. The molecule has 0 aliphatic rings. The van der Waals surface area contributed by atoms with Crippen molar-refractivity contribution in [1.82, 2.24) is 9.88 Å². The van der Waals surface area contributed by atoms with Gasteiger partial charge in [0, 0.05) is 50.7 Å². The summed E-state index contributed by atoms with van der Waals surface area (Å²) in [7, 11) is 3.81. The molecule has 0 spiro atoms. The van der Waals surface area contributed by atoms with Crippen LogP contribution in [0.4, 0.5) is 11.4 Å². The summed E-state index contributed by atoms with van der Waals surface area (Å²) in [4.78, 5) is 31.0. The van der Waals surface area contributed by atoms with Gasteiger partial charge in [-0.1, -0.05) is 12.1 Å². The first-order valence-corrected chi connectivity index (χ1v) is 7.97. The normalized spacial score (nSPS) is 10.6. The van der Waals surface area contributed by atoms with Crippen molar-refractivity contribution in [3.05, 3.63) is 64.0 Å². The molecule has 1 heterocycles. The zero-order valence-electron chi connectivity index (χ0n) is 14.8. The lowest BCUT2D eigenvalue weighted by Crippen LogP contribution is -2.37. The fourth-order valence-corrected chi connectivity index (χ4v) is 2.37. The van der Waals surface area contributed by atoms with Gasteiger partial charge in [-0.3, -0.25) is 19.9 Å². The average molecular weight is 342 g/mol. The second-order valence-electron chi connectivity index (χ2n) is 6.24. The minimum absolute atomic E-state index is 0.0338. The van der Waals surface area contributed by atoms with Crippen LogP contribution in [-0.4, -0.2) is 40.9 Å². The Hall–Kier alpha value is -2.96. The van der Waals surface area contributed by atoms with E-state index >= 15 is 0 Å². The van der Waals surface area contributed by atoms with Crippen molar-refractivity contribution in [3.63, 3.8) is 0 Å². The van der Waals surface area contributed by atoms with Crippen LogP contribution in [-0.2, 0) is 6.54 Å². The number of nitrogens with zero attached hydrogens (tertiary/aromatic N) is 4. The van der Waals surface area contributed by atoms with Gasteiger partial charge in [0.15, 0.2) is 0 Å². The molecule has 132 valence electrons. The molecule has 1 aromatic heterocycles. The van der Waals surface area contributed by atoms with Crippen LogP contribution in [0.5, 0.6) is 0 Å². The summed E-state index contributed by atoms with van der Waals surface area (Å²) >= 11 is 0. The van der Waals surface area contributed by atoms with Crippen LogP contribution < -0.4 is 4.90 Å². The van der Waals surface area contributed by atoms with Gasteiger partial charge in [-0.2, -0.15) is 0 Å². The van der Waals surface area contributed by atoms with Gasteiger partial charge in [-0.05, 0) is 31.5 Å². The average Bonchev–Trinajstić information content (AvgIpc) is 2.59. The molecule has 7 heteroatoms. The largest absolute Gasteiger partial charge is 0.378 e. The molecular formula is C18H22N4O3. The molecule has 1 aromatic carbocycles. The summed E-state index contributed by atoms with van der Waals surface area (Å²) in [5.41, 5.74) is 2.14. The molecule has 0 aliphatic carbocycles. The van der Waals surface area contributed by atoms with Crippen molar-refractivity contribution in [1.29, 1.82) is 0 Å². The Morgan fingerprint density at radius 3 is 2.36 bits per heavy atom. The van der Waals surface area contributed by atoms with Gasteiger partial charge in [0.05, 0.1) is 4.92 Å². The first-order chi connectivity index (χ1) is 11.8. The molecule has 0 saturated carbocycles. The van der Waals surface area contributed by atoms with E-state index in [1.807, 2.05) is 38.9 Å². The molecular weight excluding hydrogens is 320 g/mol. The number of hydrogen-bond acceptors (Lipinski definition) is 5. The molecule has 0 saturated heterocycles. The van der Waals surface area contributed by atoms with Gasteiger partial charge in [0.1, 0.15) is 5.69 Å². The van der Waals surface area contributed by atoms with Crippen LogP contribution in [0.1, 0.15) is 29.9 Å². The number of aromatic nitrogens is 1. The van der Waals surface area contributed by atoms with Gasteiger partial charge in [-0.25, -0.2) is 0 Å². The maximum atomic E-state index is 12.9. The van der Waals surface area contributed by atoms with E-state index in [-0.39, 0.29) is 17.6 Å². The Kier molecular flexibility index (Phi) is 5.69. The topological polar surface area (TPSA) is 79.6 Å². The molecule has 25 heavy (non-hydrogen) atoms. The quantitative estimate of drug-likeness (QED) is 0.595. The third-order valence-electron chi connectivity index (χ3n) is 3.86. The van der Waals surface area contributed by atoms with Gasteiger partial charge in [-0.15, -0.1) is 0 Å². The predicted molar refractivity (Wildman–Crippen MR) is 96.7 cm³/mol. The molecule has 0 radical (unpaired) electrons. The summed E-state index contributed by atoms with van der Waals surface area (Å²) in [5, 5.41) is 10.8. The number of nitro groups is 1. The fraction of sp³-hybridized carbons (Fsp3) is 0.333. The van der Waals surface area contributed by atoms with E-state index in [1.165, 1.54) is 12.1 Å². The summed E-state index contributed by atoms with van der Waals surface area (Å²) in [5.74, 6) is -0.169. The predicted octanol–water partition coefficient (Wildman–Crippen LogP) is 3.11. The number of non-ortho nitro benzene ring substituents is 1. The Labute approximate surface area is 147 Å². The number of amides is 1. The van der Waals surface area contributed by atoms with Crippen LogP contribution in [0.25, 0.3) is 0 Å². The van der Waals surface area contributed by atoms with Crippen LogP contribution in [0.3, 0.4) is 0 Å². The number of pyridine rings is 1. The summed E-state index contributed by atoms with van der Waals surface area (Å²) in [6.07, 6.45) is 1.62. The molecule has 0 fully saturated rings. The molecule has 7 nitrogen and oxygen atoms in total. The SMILES string of the molecule is CC(C)N(Cc1ccc([N+](=O)[O-])cc1)C(=O)c1cc(N(C)C)ccn1. The zero-order valence-corrected chi connectivity index (χ0v) is 14.8. The maximum absolute atomic E-state index is 12.9. The lowest BCUT2D eigenvalue weighted by Gasteiger charge is -2.27. The summed E-state index contributed by atoms with van der Waals surface area (Å²) < 4.78 is 0. The summed E-state index contributed by atoms with van der Waals surface area (Å²) in [6.45, 7) is 4.22. The van der Waals surface area contributed by atoms with Crippen LogP contribution in [0.15, 0.2) is 42.6 Å². The van der Waals surface area contributed by atoms with Crippen molar-refractivity contribution in [3.8, 4) is 0 Å². The maximum Gasteiger partial charge on any atom is 0.273 e. The Bertz CT molecular complexity index is 757. The molecule has 0 bridgehead atoms. The lowest BCUT2D eigenvalue weighted by atomic mass is 10.1. The number of carbonyl (C=O) groups excluding carboxylic acids is 1. The Balaban J connectivity index is 2.24. The second-order valence-corrected chi connectivity index (χ2v) is 6.24. The van der Waals surface area contributed by atoms with E-state index < -0.39 is 4.92 Å². The van der Waals surface area contributed by atoms with E-state index in [9.17, 15) is 14.9 Å². The Morgan fingerprint density at radius 1 is 1.20 bits per heavy atom.